The van der Waals surface area contributed by atoms with E-state index in [4.69, 9.17) is 0 Å². The first kappa shape index (κ1) is 20.1. The monoisotopic (exact) mass is 407 g/mol. The SMILES string of the molecule is N#Cc1ccccc1Cc1cn(Cc2ccccc2)c(=O)n(Cc2ccccc2)c1=O. The largest absolute Gasteiger partial charge is 0.331 e. The Kier molecular flexibility index (Phi) is 5.91. The summed E-state index contributed by atoms with van der Waals surface area (Å²) in [5.41, 5.74) is 2.94. The van der Waals surface area contributed by atoms with Gasteiger partial charge in [0.05, 0.1) is 24.7 Å². The zero-order valence-corrected chi connectivity index (χ0v) is 16.9. The molecule has 5 heteroatoms. The van der Waals surface area contributed by atoms with Gasteiger partial charge in [-0.25, -0.2) is 4.79 Å². The van der Waals surface area contributed by atoms with E-state index in [-0.39, 0.29) is 24.2 Å². The van der Waals surface area contributed by atoms with Gasteiger partial charge < -0.3 is 0 Å². The van der Waals surface area contributed by atoms with Crippen LogP contribution >= 0.6 is 0 Å². The van der Waals surface area contributed by atoms with Crippen LogP contribution in [0.25, 0.3) is 0 Å². The molecule has 5 nitrogen and oxygen atoms in total. The fourth-order valence-electron chi connectivity index (χ4n) is 3.62. The Balaban J connectivity index is 1.82. The van der Waals surface area contributed by atoms with Crippen LogP contribution in [0.4, 0.5) is 0 Å². The van der Waals surface area contributed by atoms with Gasteiger partial charge in [-0.1, -0.05) is 78.9 Å². The second-order valence-electron chi connectivity index (χ2n) is 7.37. The van der Waals surface area contributed by atoms with Gasteiger partial charge in [-0.2, -0.15) is 5.26 Å². The molecule has 4 rings (SSSR count). The first-order chi connectivity index (χ1) is 15.2. The van der Waals surface area contributed by atoms with E-state index in [0.717, 1.165) is 16.7 Å². The van der Waals surface area contributed by atoms with Crippen molar-refractivity contribution in [2.45, 2.75) is 19.5 Å². The molecule has 0 radical (unpaired) electrons. The molecule has 0 spiro atoms. The zero-order valence-electron chi connectivity index (χ0n) is 16.9. The third-order valence-electron chi connectivity index (χ3n) is 5.21. The van der Waals surface area contributed by atoms with Gasteiger partial charge in [0.1, 0.15) is 0 Å². The molecule has 0 aliphatic carbocycles. The van der Waals surface area contributed by atoms with E-state index in [1.54, 1.807) is 22.9 Å². The maximum atomic E-state index is 13.3. The first-order valence-corrected chi connectivity index (χ1v) is 10.0. The first-order valence-electron chi connectivity index (χ1n) is 10.0. The van der Waals surface area contributed by atoms with Crippen molar-refractivity contribution in [3.8, 4) is 6.07 Å². The van der Waals surface area contributed by atoms with Crippen LogP contribution in [0.5, 0.6) is 0 Å². The van der Waals surface area contributed by atoms with Crippen LogP contribution in [0.15, 0.2) is 101 Å². The van der Waals surface area contributed by atoms with Gasteiger partial charge in [0.2, 0.25) is 0 Å². The minimum atomic E-state index is -0.352. The topological polar surface area (TPSA) is 67.8 Å². The van der Waals surface area contributed by atoms with Gasteiger partial charge in [-0.15, -0.1) is 0 Å². The van der Waals surface area contributed by atoms with E-state index in [1.807, 2.05) is 72.8 Å². The van der Waals surface area contributed by atoms with Crippen molar-refractivity contribution in [2.24, 2.45) is 0 Å². The summed E-state index contributed by atoms with van der Waals surface area (Å²) in [7, 11) is 0. The minimum absolute atomic E-state index is 0.195. The quantitative estimate of drug-likeness (QED) is 0.491. The second-order valence-corrected chi connectivity index (χ2v) is 7.37. The summed E-state index contributed by atoms with van der Waals surface area (Å²) < 4.78 is 2.85. The van der Waals surface area contributed by atoms with Crippen LogP contribution in [0, 0.1) is 11.3 Å². The van der Waals surface area contributed by atoms with Gasteiger partial charge >= 0.3 is 5.69 Å². The zero-order chi connectivity index (χ0) is 21.6. The lowest BCUT2D eigenvalue weighted by atomic mass is 10.0. The molecule has 0 N–H and O–H groups in total. The normalized spacial score (nSPS) is 10.5. The predicted molar refractivity (Wildman–Crippen MR) is 120 cm³/mol. The molecule has 31 heavy (non-hydrogen) atoms. The molecule has 0 bridgehead atoms. The van der Waals surface area contributed by atoms with Crippen LogP contribution in [0.3, 0.4) is 0 Å². The maximum Gasteiger partial charge on any atom is 0.331 e. The lowest BCUT2D eigenvalue weighted by Gasteiger charge is -2.14. The van der Waals surface area contributed by atoms with Crippen molar-refractivity contribution in [1.82, 2.24) is 9.13 Å². The van der Waals surface area contributed by atoms with Crippen molar-refractivity contribution in [1.29, 1.82) is 5.26 Å². The Labute approximate surface area is 180 Å². The minimum Gasteiger partial charge on any atom is -0.296 e. The summed E-state index contributed by atoms with van der Waals surface area (Å²) in [5, 5.41) is 9.42. The van der Waals surface area contributed by atoms with Gasteiger partial charge in [-0.05, 0) is 22.8 Å². The maximum absolute atomic E-state index is 13.3. The average molecular weight is 407 g/mol. The molecular formula is C26H21N3O2. The summed E-state index contributed by atoms with van der Waals surface area (Å²) >= 11 is 0. The Morgan fingerprint density at radius 1 is 0.710 bits per heavy atom. The summed E-state index contributed by atoms with van der Waals surface area (Å²) in [5.74, 6) is 0. The fraction of sp³-hybridized carbons (Fsp3) is 0.115. The molecular weight excluding hydrogens is 386 g/mol. The van der Waals surface area contributed by atoms with Crippen molar-refractivity contribution in [2.75, 3.05) is 0 Å². The number of benzene rings is 3. The Hall–Kier alpha value is -4.17. The molecule has 0 amide bonds. The van der Waals surface area contributed by atoms with Crippen LogP contribution in [-0.4, -0.2) is 9.13 Å². The summed E-state index contributed by atoms with van der Waals surface area (Å²) in [4.78, 5) is 26.5. The Morgan fingerprint density at radius 2 is 1.29 bits per heavy atom. The number of nitrogens with zero attached hydrogens (tertiary/aromatic N) is 3. The smallest absolute Gasteiger partial charge is 0.296 e. The Bertz CT molecular complexity index is 1350. The Morgan fingerprint density at radius 3 is 1.94 bits per heavy atom. The van der Waals surface area contributed by atoms with Crippen LogP contribution in [0.1, 0.15) is 27.8 Å². The highest BCUT2D eigenvalue weighted by Gasteiger charge is 2.14. The second kappa shape index (κ2) is 9.10. The predicted octanol–water partition coefficient (Wildman–Crippen LogP) is 3.57. The van der Waals surface area contributed by atoms with Crippen molar-refractivity contribution in [3.05, 3.63) is 140 Å². The summed E-state index contributed by atoms with van der Waals surface area (Å²) in [6.07, 6.45) is 1.92. The summed E-state index contributed by atoms with van der Waals surface area (Å²) in [6, 6.07) is 28.5. The highest BCUT2D eigenvalue weighted by atomic mass is 16.2. The lowest BCUT2D eigenvalue weighted by molar-refractivity contribution is 0.602. The van der Waals surface area contributed by atoms with Crippen LogP contribution < -0.4 is 11.2 Å². The van der Waals surface area contributed by atoms with Crippen molar-refractivity contribution in [3.63, 3.8) is 0 Å². The number of rotatable bonds is 6. The van der Waals surface area contributed by atoms with Crippen LogP contribution in [-0.2, 0) is 19.5 Å². The molecule has 1 heterocycles. The van der Waals surface area contributed by atoms with E-state index < -0.39 is 0 Å². The van der Waals surface area contributed by atoms with Gasteiger partial charge in [0.25, 0.3) is 5.56 Å². The lowest BCUT2D eigenvalue weighted by Crippen LogP contribution is -2.41. The average Bonchev–Trinajstić information content (AvgIpc) is 2.81. The molecule has 4 aromatic rings. The molecule has 0 saturated carbocycles. The van der Waals surface area contributed by atoms with Crippen molar-refractivity contribution < 1.29 is 0 Å². The van der Waals surface area contributed by atoms with Gasteiger partial charge in [0, 0.05) is 18.2 Å². The van der Waals surface area contributed by atoms with Crippen molar-refractivity contribution >= 4 is 0 Å². The third-order valence-corrected chi connectivity index (χ3v) is 5.21. The van der Waals surface area contributed by atoms with E-state index >= 15 is 0 Å². The van der Waals surface area contributed by atoms with Gasteiger partial charge in [0.15, 0.2) is 0 Å². The molecule has 0 aliphatic heterocycles. The van der Waals surface area contributed by atoms with Gasteiger partial charge in [-0.3, -0.25) is 13.9 Å². The molecule has 0 atom stereocenters. The molecule has 0 fully saturated rings. The number of hydrogen-bond acceptors (Lipinski definition) is 3. The molecule has 0 saturated heterocycles. The number of nitriles is 1. The fourth-order valence-corrected chi connectivity index (χ4v) is 3.62. The highest BCUT2D eigenvalue weighted by molar-refractivity contribution is 5.40. The number of aromatic nitrogens is 2. The van der Waals surface area contributed by atoms with E-state index in [1.165, 1.54) is 4.57 Å². The number of hydrogen-bond donors (Lipinski definition) is 0. The molecule has 3 aromatic carbocycles. The van der Waals surface area contributed by atoms with E-state index in [0.29, 0.717) is 17.7 Å². The molecule has 1 aromatic heterocycles. The van der Waals surface area contributed by atoms with E-state index in [2.05, 4.69) is 6.07 Å². The van der Waals surface area contributed by atoms with E-state index in [9.17, 15) is 14.9 Å². The summed E-state index contributed by atoms with van der Waals surface area (Å²) in [6.45, 7) is 0.558. The molecule has 0 aliphatic rings. The standard InChI is InChI=1S/C26H21N3O2/c27-16-23-14-8-7-13-22(23)15-24-19-28(17-20-9-3-1-4-10-20)26(31)29(25(24)30)18-21-11-5-2-6-12-21/h1-14,19H,15,17-18H2. The third kappa shape index (κ3) is 4.54. The molecule has 0 unspecified atom stereocenters. The van der Waals surface area contributed by atoms with Crippen LogP contribution in [0.2, 0.25) is 0 Å². The molecule has 152 valence electrons. The highest BCUT2D eigenvalue weighted by Crippen LogP contribution is 2.12.